The normalized spacial score (nSPS) is 10.5. The van der Waals surface area contributed by atoms with E-state index in [2.05, 4.69) is 17.1 Å². The van der Waals surface area contributed by atoms with Gasteiger partial charge in [-0.2, -0.15) is 0 Å². The molecule has 2 aromatic carbocycles. The van der Waals surface area contributed by atoms with E-state index >= 15 is 0 Å². The first kappa shape index (κ1) is 13.2. The Kier molecular flexibility index (Phi) is 3.60. The molecular weight excluding hydrogens is 264 g/mol. The fourth-order valence-electron chi connectivity index (χ4n) is 2.06. The predicted molar refractivity (Wildman–Crippen MR) is 80.3 cm³/mol. The molecule has 0 unspecified atom stereocenters. The van der Waals surface area contributed by atoms with Crippen LogP contribution in [0.25, 0.3) is 10.9 Å². The summed E-state index contributed by atoms with van der Waals surface area (Å²) in [6.07, 6.45) is 0.933. The Hall–Kier alpha value is -2.75. The molecule has 0 fully saturated rings. The highest BCUT2D eigenvalue weighted by molar-refractivity contribution is 5.92. The van der Waals surface area contributed by atoms with E-state index in [1.165, 1.54) is 5.56 Å². The monoisotopic (exact) mass is 278 g/mol. The van der Waals surface area contributed by atoms with Crippen LogP contribution in [0, 0.1) is 0 Å². The van der Waals surface area contributed by atoms with E-state index in [9.17, 15) is 4.79 Å². The van der Waals surface area contributed by atoms with E-state index in [4.69, 9.17) is 4.74 Å². The van der Waals surface area contributed by atoms with Crippen molar-refractivity contribution >= 4 is 16.9 Å². The standard InChI is InChI=1S/C17H14N2O2/c1-2-12-8-9-15-13(10-12)11-16(19-18-15)17(20)21-14-6-4-3-5-7-14/h3-11H,2H2,1H3. The minimum Gasteiger partial charge on any atom is -0.422 e. The Balaban J connectivity index is 1.91. The Morgan fingerprint density at radius 3 is 2.62 bits per heavy atom. The fourth-order valence-corrected chi connectivity index (χ4v) is 2.06. The number of para-hydroxylation sites is 1. The van der Waals surface area contributed by atoms with Gasteiger partial charge in [0.15, 0.2) is 5.69 Å². The number of carbonyl (C=O) groups is 1. The van der Waals surface area contributed by atoms with Crippen molar-refractivity contribution in [3.05, 3.63) is 65.9 Å². The molecule has 21 heavy (non-hydrogen) atoms. The van der Waals surface area contributed by atoms with Crippen molar-refractivity contribution in [1.29, 1.82) is 0 Å². The van der Waals surface area contributed by atoms with Gasteiger partial charge in [0, 0.05) is 5.39 Å². The Labute approximate surface area is 122 Å². The maximum absolute atomic E-state index is 12.1. The third-order valence-electron chi connectivity index (χ3n) is 3.22. The van der Waals surface area contributed by atoms with Crippen LogP contribution in [-0.2, 0) is 6.42 Å². The van der Waals surface area contributed by atoms with Crippen LogP contribution in [0.15, 0.2) is 54.6 Å². The molecule has 0 aliphatic heterocycles. The van der Waals surface area contributed by atoms with Gasteiger partial charge in [-0.1, -0.05) is 31.2 Å². The molecule has 0 spiro atoms. The highest BCUT2D eigenvalue weighted by Gasteiger charge is 2.12. The maximum atomic E-state index is 12.1. The summed E-state index contributed by atoms with van der Waals surface area (Å²) in [5.74, 6) is -0.00999. The van der Waals surface area contributed by atoms with Gasteiger partial charge in [0.25, 0.3) is 0 Å². The average molecular weight is 278 g/mol. The van der Waals surface area contributed by atoms with Gasteiger partial charge in [0.1, 0.15) is 5.75 Å². The molecule has 104 valence electrons. The van der Waals surface area contributed by atoms with E-state index in [1.54, 1.807) is 18.2 Å². The lowest BCUT2D eigenvalue weighted by molar-refractivity contribution is 0.0727. The second-order valence-electron chi connectivity index (χ2n) is 4.68. The summed E-state index contributed by atoms with van der Waals surface area (Å²) in [5.41, 5.74) is 2.17. The third-order valence-corrected chi connectivity index (χ3v) is 3.22. The lowest BCUT2D eigenvalue weighted by atomic mass is 10.1. The lowest BCUT2D eigenvalue weighted by Crippen LogP contribution is -2.11. The number of carbonyl (C=O) groups excluding carboxylic acids is 1. The van der Waals surface area contributed by atoms with E-state index < -0.39 is 5.97 Å². The van der Waals surface area contributed by atoms with E-state index in [-0.39, 0.29) is 5.69 Å². The van der Waals surface area contributed by atoms with Crippen LogP contribution in [0.3, 0.4) is 0 Å². The summed E-state index contributed by atoms with van der Waals surface area (Å²) in [6, 6.07) is 16.6. The summed E-state index contributed by atoms with van der Waals surface area (Å²) in [4.78, 5) is 12.1. The van der Waals surface area contributed by atoms with Crippen molar-refractivity contribution in [2.24, 2.45) is 0 Å². The largest absolute Gasteiger partial charge is 0.422 e. The number of esters is 1. The molecule has 0 aliphatic carbocycles. The van der Waals surface area contributed by atoms with Crippen molar-refractivity contribution in [1.82, 2.24) is 10.2 Å². The van der Waals surface area contributed by atoms with Gasteiger partial charge in [-0.05, 0) is 42.3 Å². The van der Waals surface area contributed by atoms with Crippen molar-refractivity contribution in [2.45, 2.75) is 13.3 Å². The highest BCUT2D eigenvalue weighted by Crippen LogP contribution is 2.16. The van der Waals surface area contributed by atoms with Crippen LogP contribution in [-0.4, -0.2) is 16.2 Å². The third kappa shape index (κ3) is 2.89. The Bertz CT molecular complexity index is 785. The number of aromatic nitrogens is 2. The summed E-state index contributed by atoms with van der Waals surface area (Å²) >= 11 is 0. The second-order valence-corrected chi connectivity index (χ2v) is 4.68. The van der Waals surface area contributed by atoms with E-state index in [0.29, 0.717) is 5.75 Å². The zero-order valence-corrected chi connectivity index (χ0v) is 11.6. The molecule has 0 N–H and O–H groups in total. The number of ether oxygens (including phenoxy) is 1. The van der Waals surface area contributed by atoms with Crippen molar-refractivity contribution in [3.8, 4) is 5.75 Å². The predicted octanol–water partition coefficient (Wildman–Crippen LogP) is 3.41. The molecule has 0 bridgehead atoms. The first-order valence-corrected chi connectivity index (χ1v) is 6.80. The molecule has 0 amide bonds. The number of fused-ring (bicyclic) bond motifs is 1. The molecule has 0 aliphatic rings. The average Bonchev–Trinajstić information content (AvgIpc) is 2.54. The Morgan fingerprint density at radius 1 is 1.05 bits per heavy atom. The van der Waals surface area contributed by atoms with Crippen LogP contribution >= 0.6 is 0 Å². The lowest BCUT2D eigenvalue weighted by Gasteiger charge is -2.04. The summed E-state index contributed by atoms with van der Waals surface area (Å²) < 4.78 is 5.26. The molecule has 3 aromatic rings. The quantitative estimate of drug-likeness (QED) is 0.544. The van der Waals surface area contributed by atoms with Crippen LogP contribution in [0.2, 0.25) is 0 Å². The first-order chi connectivity index (χ1) is 10.3. The van der Waals surface area contributed by atoms with Gasteiger partial charge in [-0.15, -0.1) is 10.2 Å². The van der Waals surface area contributed by atoms with Gasteiger partial charge < -0.3 is 4.74 Å². The van der Waals surface area contributed by atoms with Crippen LogP contribution in [0.1, 0.15) is 23.0 Å². The van der Waals surface area contributed by atoms with Crippen molar-refractivity contribution in [2.75, 3.05) is 0 Å². The number of rotatable bonds is 3. The van der Waals surface area contributed by atoms with Gasteiger partial charge in [-0.25, -0.2) is 4.79 Å². The summed E-state index contributed by atoms with van der Waals surface area (Å²) in [6.45, 7) is 2.08. The zero-order valence-electron chi connectivity index (χ0n) is 11.6. The molecule has 0 radical (unpaired) electrons. The molecule has 4 nitrogen and oxygen atoms in total. The molecule has 3 rings (SSSR count). The van der Waals surface area contributed by atoms with E-state index in [1.807, 2.05) is 36.4 Å². The van der Waals surface area contributed by atoms with Gasteiger partial charge in [-0.3, -0.25) is 0 Å². The molecule has 0 saturated carbocycles. The van der Waals surface area contributed by atoms with Crippen molar-refractivity contribution in [3.63, 3.8) is 0 Å². The number of aryl methyl sites for hydroxylation is 1. The summed E-state index contributed by atoms with van der Waals surface area (Å²) in [5, 5.41) is 8.90. The molecular formula is C17H14N2O2. The summed E-state index contributed by atoms with van der Waals surface area (Å²) in [7, 11) is 0. The van der Waals surface area contributed by atoms with Gasteiger partial charge in [0.05, 0.1) is 5.52 Å². The van der Waals surface area contributed by atoms with Crippen LogP contribution in [0.5, 0.6) is 5.75 Å². The molecule has 4 heteroatoms. The molecule has 0 saturated heterocycles. The molecule has 1 aromatic heterocycles. The maximum Gasteiger partial charge on any atom is 0.364 e. The minimum atomic E-state index is -0.502. The van der Waals surface area contributed by atoms with Crippen LogP contribution in [0.4, 0.5) is 0 Å². The molecule has 0 atom stereocenters. The number of benzene rings is 2. The topological polar surface area (TPSA) is 52.1 Å². The zero-order chi connectivity index (χ0) is 14.7. The van der Waals surface area contributed by atoms with Crippen molar-refractivity contribution < 1.29 is 9.53 Å². The highest BCUT2D eigenvalue weighted by atomic mass is 16.5. The number of nitrogens with zero attached hydrogens (tertiary/aromatic N) is 2. The Morgan fingerprint density at radius 2 is 1.86 bits per heavy atom. The van der Waals surface area contributed by atoms with Gasteiger partial charge in [0.2, 0.25) is 0 Å². The smallest absolute Gasteiger partial charge is 0.364 e. The van der Waals surface area contributed by atoms with Crippen LogP contribution < -0.4 is 4.74 Å². The minimum absolute atomic E-state index is 0.208. The molecule has 1 heterocycles. The second kappa shape index (κ2) is 5.71. The number of hydrogen-bond donors (Lipinski definition) is 0. The number of hydrogen-bond acceptors (Lipinski definition) is 4. The van der Waals surface area contributed by atoms with E-state index in [0.717, 1.165) is 17.3 Å². The first-order valence-electron chi connectivity index (χ1n) is 6.80. The fraction of sp³-hybridized carbons (Fsp3) is 0.118. The SMILES string of the molecule is CCc1ccc2nnc(C(=O)Oc3ccccc3)cc2c1. The van der Waals surface area contributed by atoms with Gasteiger partial charge >= 0.3 is 5.97 Å².